The Morgan fingerprint density at radius 1 is 1.32 bits per heavy atom. The lowest BCUT2D eigenvalue weighted by Crippen LogP contribution is -2.31. The maximum absolute atomic E-state index is 12.4. The van der Waals surface area contributed by atoms with Gasteiger partial charge in [-0.15, -0.1) is 0 Å². The van der Waals surface area contributed by atoms with E-state index in [-0.39, 0.29) is 24.8 Å². The molecule has 0 spiro atoms. The molecule has 5 nitrogen and oxygen atoms in total. The zero-order chi connectivity index (χ0) is 16.2. The van der Waals surface area contributed by atoms with Gasteiger partial charge in [0.2, 0.25) is 0 Å². The molecule has 1 amide bonds. The van der Waals surface area contributed by atoms with E-state index in [1.807, 2.05) is 0 Å². The zero-order valence-corrected chi connectivity index (χ0v) is 11.6. The van der Waals surface area contributed by atoms with Crippen molar-refractivity contribution in [3.8, 4) is 5.75 Å². The van der Waals surface area contributed by atoms with Crippen molar-refractivity contribution >= 4 is 5.91 Å². The quantitative estimate of drug-likeness (QED) is 0.851. The molecule has 0 saturated carbocycles. The molecule has 0 unspecified atom stereocenters. The molecule has 0 N–H and O–H groups in total. The van der Waals surface area contributed by atoms with E-state index in [9.17, 15) is 18.0 Å². The number of carbonyl (C=O) groups excluding carboxylic acids is 1. The molecule has 0 atom stereocenters. The van der Waals surface area contributed by atoms with Crippen molar-refractivity contribution in [2.75, 3.05) is 20.2 Å². The fraction of sp³-hybridized carbons (Fsp3) is 0.286. The molecule has 0 aliphatic heterocycles. The van der Waals surface area contributed by atoms with Gasteiger partial charge in [0, 0.05) is 7.05 Å². The predicted molar refractivity (Wildman–Crippen MR) is 70.4 cm³/mol. The highest BCUT2D eigenvalue weighted by atomic mass is 19.4. The molecule has 0 bridgehead atoms. The summed E-state index contributed by atoms with van der Waals surface area (Å²) < 4.78 is 47.2. The van der Waals surface area contributed by atoms with E-state index < -0.39 is 11.7 Å². The summed E-state index contributed by atoms with van der Waals surface area (Å²) in [5.74, 6) is -0.0277. The summed E-state index contributed by atoms with van der Waals surface area (Å²) in [5, 5.41) is 0. The Labute approximate surface area is 124 Å². The third kappa shape index (κ3) is 4.00. The number of rotatable bonds is 5. The lowest BCUT2D eigenvalue weighted by Gasteiger charge is -2.16. The number of carbonyl (C=O) groups is 1. The average molecular weight is 314 g/mol. The summed E-state index contributed by atoms with van der Waals surface area (Å²) in [7, 11) is 1.56. The highest BCUT2D eigenvalue weighted by Crippen LogP contribution is 2.30. The Bertz CT molecular complexity index is 609. The van der Waals surface area contributed by atoms with E-state index in [1.165, 1.54) is 23.3 Å². The van der Waals surface area contributed by atoms with Crippen LogP contribution >= 0.6 is 0 Å². The second-order valence-corrected chi connectivity index (χ2v) is 4.47. The number of nitrogens with zero attached hydrogens (tertiary/aromatic N) is 2. The van der Waals surface area contributed by atoms with Crippen LogP contribution in [0.4, 0.5) is 13.2 Å². The molecule has 0 radical (unpaired) electrons. The number of ether oxygens (including phenoxy) is 1. The number of hydrogen-bond acceptors (Lipinski definition) is 4. The predicted octanol–water partition coefficient (Wildman–Crippen LogP) is 2.84. The number of likely N-dealkylation sites (N-methyl/N-ethyl adjacent to an activating group) is 1. The first-order chi connectivity index (χ1) is 10.4. The number of aromatic nitrogens is 1. The lowest BCUT2D eigenvalue weighted by molar-refractivity contribution is -0.137. The molecule has 118 valence electrons. The molecule has 0 aliphatic rings. The van der Waals surface area contributed by atoms with Gasteiger partial charge in [-0.2, -0.15) is 13.2 Å². The topological polar surface area (TPSA) is 55.6 Å². The summed E-state index contributed by atoms with van der Waals surface area (Å²) >= 11 is 0. The van der Waals surface area contributed by atoms with Crippen LogP contribution in [0.15, 0.2) is 41.3 Å². The SMILES string of the molecule is CN(CCOc1ccc(C(F)(F)F)cc1)C(=O)c1cocn1. The smallest absolute Gasteiger partial charge is 0.416 e. The Kier molecular flexibility index (Phi) is 4.69. The summed E-state index contributed by atoms with van der Waals surface area (Å²) in [4.78, 5) is 16.9. The van der Waals surface area contributed by atoms with Crippen LogP contribution in [-0.4, -0.2) is 36.0 Å². The van der Waals surface area contributed by atoms with E-state index in [4.69, 9.17) is 9.15 Å². The van der Waals surface area contributed by atoms with E-state index >= 15 is 0 Å². The molecule has 0 fully saturated rings. The van der Waals surface area contributed by atoms with Gasteiger partial charge in [-0.25, -0.2) is 4.98 Å². The minimum Gasteiger partial charge on any atom is -0.492 e. The van der Waals surface area contributed by atoms with Gasteiger partial charge in [0.25, 0.3) is 5.91 Å². The largest absolute Gasteiger partial charge is 0.492 e. The Morgan fingerprint density at radius 2 is 2.00 bits per heavy atom. The number of amides is 1. The van der Waals surface area contributed by atoms with Crippen LogP contribution in [-0.2, 0) is 6.18 Å². The monoisotopic (exact) mass is 314 g/mol. The van der Waals surface area contributed by atoms with Crippen molar-refractivity contribution in [1.82, 2.24) is 9.88 Å². The molecule has 1 aromatic heterocycles. The summed E-state index contributed by atoms with van der Waals surface area (Å²) in [5.41, 5.74) is -0.560. The second kappa shape index (κ2) is 6.50. The van der Waals surface area contributed by atoms with Crippen molar-refractivity contribution in [3.05, 3.63) is 48.2 Å². The number of benzene rings is 1. The third-order valence-electron chi connectivity index (χ3n) is 2.88. The number of halogens is 3. The van der Waals surface area contributed by atoms with Crippen molar-refractivity contribution in [2.24, 2.45) is 0 Å². The molecule has 1 heterocycles. The average Bonchev–Trinajstić information content (AvgIpc) is 3.00. The lowest BCUT2D eigenvalue weighted by atomic mass is 10.2. The van der Waals surface area contributed by atoms with Crippen LogP contribution in [0.3, 0.4) is 0 Å². The van der Waals surface area contributed by atoms with Gasteiger partial charge in [-0.05, 0) is 24.3 Å². The highest BCUT2D eigenvalue weighted by molar-refractivity contribution is 5.91. The van der Waals surface area contributed by atoms with Gasteiger partial charge in [0.05, 0.1) is 12.1 Å². The molecular formula is C14H13F3N2O3. The van der Waals surface area contributed by atoms with Gasteiger partial charge < -0.3 is 14.1 Å². The van der Waals surface area contributed by atoms with Crippen LogP contribution in [0.5, 0.6) is 5.75 Å². The van der Waals surface area contributed by atoms with Gasteiger partial charge in [-0.3, -0.25) is 4.79 Å². The molecule has 2 aromatic rings. The van der Waals surface area contributed by atoms with Crippen molar-refractivity contribution in [2.45, 2.75) is 6.18 Å². The first-order valence-electron chi connectivity index (χ1n) is 6.31. The summed E-state index contributed by atoms with van der Waals surface area (Å²) in [6.07, 6.45) is -1.99. The number of oxazole rings is 1. The van der Waals surface area contributed by atoms with E-state index in [2.05, 4.69) is 4.98 Å². The fourth-order valence-electron chi connectivity index (χ4n) is 1.66. The van der Waals surface area contributed by atoms with Gasteiger partial charge in [0.15, 0.2) is 12.1 Å². The molecule has 8 heteroatoms. The van der Waals surface area contributed by atoms with Crippen LogP contribution in [0.25, 0.3) is 0 Å². The van der Waals surface area contributed by atoms with E-state index in [0.29, 0.717) is 5.75 Å². The molecular weight excluding hydrogens is 301 g/mol. The van der Waals surface area contributed by atoms with Gasteiger partial charge in [0.1, 0.15) is 18.6 Å². The minimum atomic E-state index is -4.37. The first-order valence-corrected chi connectivity index (χ1v) is 6.31. The van der Waals surface area contributed by atoms with Crippen molar-refractivity contribution < 1.29 is 27.1 Å². The molecule has 22 heavy (non-hydrogen) atoms. The molecule has 0 aliphatic carbocycles. The number of alkyl halides is 3. The standard InChI is InChI=1S/C14H13F3N2O3/c1-19(13(20)12-8-21-9-18-12)6-7-22-11-4-2-10(3-5-11)14(15,16)17/h2-5,8-9H,6-7H2,1H3. The van der Waals surface area contributed by atoms with Gasteiger partial charge >= 0.3 is 6.18 Å². The zero-order valence-electron chi connectivity index (χ0n) is 11.6. The molecule has 0 saturated heterocycles. The maximum atomic E-state index is 12.4. The van der Waals surface area contributed by atoms with E-state index in [0.717, 1.165) is 18.5 Å². The van der Waals surface area contributed by atoms with Crippen LogP contribution in [0, 0.1) is 0 Å². The Hall–Kier alpha value is -2.51. The Morgan fingerprint density at radius 3 is 2.55 bits per heavy atom. The maximum Gasteiger partial charge on any atom is 0.416 e. The normalized spacial score (nSPS) is 11.3. The first kappa shape index (κ1) is 15.9. The van der Waals surface area contributed by atoms with Crippen LogP contribution in [0.2, 0.25) is 0 Å². The molecule has 2 rings (SSSR count). The highest BCUT2D eigenvalue weighted by Gasteiger charge is 2.30. The third-order valence-corrected chi connectivity index (χ3v) is 2.88. The Balaban J connectivity index is 1.82. The van der Waals surface area contributed by atoms with Crippen molar-refractivity contribution in [3.63, 3.8) is 0 Å². The van der Waals surface area contributed by atoms with Crippen LogP contribution < -0.4 is 4.74 Å². The minimum absolute atomic E-state index is 0.144. The summed E-state index contributed by atoms with van der Waals surface area (Å²) in [6.45, 7) is 0.401. The van der Waals surface area contributed by atoms with E-state index in [1.54, 1.807) is 7.05 Å². The van der Waals surface area contributed by atoms with Crippen LogP contribution in [0.1, 0.15) is 16.1 Å². The number of hydrogen-bond donors (Lipinski definition) is 0. The van der Waals surface area contributed by atoms with Gasteiger partial charge in [-0.1, -0.05) is 0 Å². The summed E-state index contributed by atoms with van der Waals surface area (Å²) in [6, 6.07) is 4.36. The molecule has 1 aromatic carbocycles. The fourth-order valence-corrected chi connectivity index (χ4v) is 1.66. The second-order valence-electron chi connectivity index (χ2n) is 4.47. The van der Waals surface area contributed by atoms with Crippen molar-refractivity contribution in [1.29, 1.82) is 0 Å².